The number of nitrogens with one attached hydrogen (secondary N) is 1. The third-order valence-corrected chi connectivity index (χ3v) is 4.80. The second-order valence-electron chi connectivity index (χ2n) is 6.57. The second-order valence-corrected chi connectivity index (χ2v) is 6.98. The molecule has 1 aromatic carbocycles. The summed E-state index contributed by atoms with van der Waals surface area (Å²) in [6.07, 6.45) is 0.617. The number of amides is 1. The van der Waals surface area contributed by atoms with Crippen LogP contribution in [0.25, 0.3) is 0 Å². The van der Waals surface area contributed by atoms with Crippen LogP contribution in [0.5, 0.6) is 0 Å². The number of alkyl halides is 1. The van der Waals surface area contributed by atoms with Crippen LogP contribution in [0.15, 0.2) is 41.3 Å². The topological polar surface area (TPSA) is 118 Å². The normalized spacial score (nSPS) is 12.8. The number of aromatic nitrogens is 2. The predicted molar refractivity (Wildman–Crippen MR) is 107 cm³/mol. The summed E-state index contributed by atoms with van der Waals surface area (Å²) >= 11 is 6.16. The first-order chi connectivity index (χ1) is 14.3. The molecule has 8 nitrogen and oxygen atoms in total. The van der Waals surface area contributed by atoms with Crippen LogP contribution < -0.4 is 10.9 Å². The smallest absolute Gasteiger partial charge is 0.305 e. The molecular weight excluding hydrogens is 417 g/mol. The van der Waals surface area contributed by atoms with Gasteiger partial charge in [0, 0.05) is 0 Å². The molecule has 0 saturated heterocycles. The number of carboxylic acids is 1. The van der Waals surface area contributed by atoms with E-state index in [0.717, 1.165) is 10.2 Å². The SMILES string of the molecule is CCC(C(=O)NC(CC(=O)O)C(=O)CF)c1c(Cl)cnn(Cc2ccccc2)c1=O. The zero-order valence-electron chi connectivity index (χ0n) is 16.2. The van der Waals surface area contributed by atoms with Gasteiger partial charge in [-0.3, -0.25) is 19.2 Å². The fraction of sp³-hybridized carbons (Fsp3) is 0.350. The summed E-state index contributed by atoms with van der Waals surface area (Å²) in [4.78, 5) is 48.3. The van der Waals surface area contributed by atoms with Gasteiger partial charge in [0.1, 0.15) is 12.7 Å². The van der Waals surface area contributed by atoms with E-state index in [1.165, 1.54) is 6.20 Å². The summed E-state index contributed by atoms with van der Waals surface area (Å²) < 4.78 is 13.9. The highest BCUT2D eigenvalue weighted by molar-refractivity contribution is 6.31. The van der Waals surface area contributed by atoms with E-state index in [0.29, 0.717) is 0 Å². The van der Waals surface area contributed by atoms with Crippen LogP contribution in [0.2, 0.25) is 5.02 Å². The molecule has 1 amide bonds. The number of benzene rings is 1. The van der Waals surface area contributed by atoms with E-state index in [1.807, 2.05) is 30.3 Å². The van der Waals surface area contributed by atoms with E-state index in [2.05, 4.69) is 10.4 Å². The molecule has 10 heteroatoms. The fourth-order valence-corrected chi connectivity index (χ4v) is 3.23. The molecular formula is C20H21ClFN3O5. The highest BCUT2D eigenvalue weighted by Gasteiger charge is 2.30. The number of carbonyl (C=O) groups is 3. The number of carbonyl (C=O) groups excluding carboxylic acids is 2. The molecule has 0 bridgehead atoms. The van der Waals surface area contributed by atoms with Gasteiger partial charge in [-0.2, -0.15) is 5.10 Å². The standard InChI is InChI=1S/C20H21ClFN3O5/c1-2-13(19(29)24-15(8-17(27)28)16(26)9-22)18-14(21)10-23-25(20(18)30)11-12-6-4-3-5-7-12/h3-7,10,13,15H,2,8-9,11H2,1H3,(H,24,29)(H,27,28). The molecule has 0 radical (unpaired) electrons. The molecule has 1 heterocycles. The number of halogens is 2. The van der Waals surface area contributed by atoms with E-state index in [-0.39, 0.29) is 23.6 Å². The van der Waals surface area contributed by atoms with Crippen LogP contribution in [0.3, 0.4) is 0 Å². The Kier molecular flexibility index (Phi) is 8.23. The molecule has 2 rings (SSSR count). The molecule has 2 aromatic rings. The molecule has 0 spiro atoms. The summed E-state index contributed by atoms with van der Waals surface area (Å²) in [6.45, 7) is 0.365. The van der Waals surface area contributed by atoms with Gasteiger partial charge in [0.25, 0.3) is 5.56 Å². The van der Waals surface area contributed by atoms with Gasteiger partial charge in [-0.05, 0) is 12.0 Å². The number of rotatable bonds is 10. The summed E-state index contributed by atoms with van der Waals surface area (Å²) in [6, 6.07) is 7.53. The number of aliphatic carboxylic acids is 1. The van der Waals surface area contributed by atoms with Crippen LogP contribution in [-0.4, -0.2) is 45.3 Å². The third kappa shape index (κ3) is 5.73. The summed E-state index contributed by atoms with van der Waals surface area (Å²) in [7, 11) is 0. The monoisotopic (exact) mass is 437 g/mol. The minimum atomic E-state index is -1.54. The number of Topliss-reactive ketones (excluding diaryl/α,β-unsaturated/α-hetero) is 1. The van der Waals surface area contributed by atoms with Crippen LogP contribution in [0, 0.1) is 0 Å². The Morgan fingerprint density at radius 3 is 2.50 bits per heavy atom. The first-order valence-corrected chi connectivity index (χ1v) is 9.56. The van der Waals surface area contributed by atoms with E-state index in [9.17, 15) is 23.6 Å². The highest BCUT2D eigenvalue weighted by Crippen LogP contribution is 2.24. The van der Waals surface area contributed by atoms with Crippen molar-refractivity contribution >= 4 is 29.3 Å². The zero-order valence-corrected chi connectivity index (χ0v) is 16.9. The Labute approximate surface area is 176 Å². The molecule has 0 saturated carbocycles. The Balaban J connectivity index is 2.35. The van der Waals surface area contributed by atoms with Crippen molar-refractivity contribution in [2.75, 3.05) is 6.67 Å². The van der Waals surface area contributed by atoms with Crippen molar-refractivity contribution < 1.29 is 23.9 Å². The summed E-state index contributed by atoms with van der Waals surface area (Å²) in [5.74, 6) is -4.30. The van der Waals surface area contributed by atoms with Gasteiger partial charge in [0.15, 0.2) is 5.78 Å². The molecule has 0 aliphatic rings. The maximum Gasteiger partial charge on any atom is 0.305 e. The summed E-state index contributed by atoms with van der Waals surface area (Å²) in [5.41, 5.74) is 0.206. The van der Waals surface area contributed by atoms with Gasteiger partial charge in [0.05, 0.1) is 35.7 Å². The lowest BCUT2D eigenvalue weighted by molar-refractivity contribution is -0.140. The van der Waals surface area contributed by atoms with Crippen molar-refractivity contribution in [1.82, 2.24) is 15.1 Å². The van der Waals surface area contributed by atoms with Gasteiger partial charge in [-0.1, -0.05) is 48.9 Å². The summed E-state index contributed by atoms with van der Waals surface area (Å²) in [5, 5.41) is 15.1. The van der Waals surface area contributed by atoms with Crippen molar-refractivity contribution in [3.63, 3.8) is 0 Å². The van der Waals surface area contributed by atoms with E-state index >= 15 is 0 Å². The average Bonchev–Trinajstić information content (AvgIpc) is 2.72. The van der Waals surface area contributed by atoms with Gasteiger partial charge in [-0.25, -0.2) is 9.07 Å². The number of carboxylic acid groups (broad SMARTS) is 1. The van der Waals surface area contributed by atoms with Crippen LogP contribution in [0.4, 0.5) is 4.39 Å². The van der Waals surface area contributed by atoms with Gasteiger partial charge >= 0.3 is 5.97 Å². The molecule has 160 valence electrons. The van der Waals surface area contributed by atoms with Crippen molar-refractivity contribution in [1.29, 1.82) is 0 Å². The van der Waals surface area contributed by atoms with E-state index in [4.69, 9.17) is 16.7 Å². The Bertz CT molecular complexity index is 980. The van der Waals surface area contributed by atoms with Crippen molar-refractivity contribution in [3.05, 3.63) is 63.0 Å². The largest absolute Gasteiger partial charge is 0.481 e. The zero-order chi connectivity index (χ0) is 22.3. The highest BCUT2D eigenvalue weighted by atomic mass is 35.5. The molecule has 0 fully saturated rings. The minimum Gasteiger partial charge on any atom is -0.481 e. The molecule has 0 aliphatic carbocycles. The van der Waals surface area contributed by atoms with E-state index < -0.39 is 48.3 Å². The molecule has 2 N–H and O–H groups in total. The lowest BCUT2D eigenvalue weighted by Crippen LogP contribution is -2.46. The van der Waals surface area contributed by atoms with Crippen LogP contribution in [-0.2, 0) is 20.9 Å². The first kappa shape index (κ1) is 23.2. The number of hydrogen-bond acceptors (Lipinski definition) is 5. The first-order valence-electron chi connectivity index (χ1n) is 9.18. The number of nitrogens with zero attached hydrogens (tertiary/aromatic N) is 2. The second kappa shape index (κ2) is 10.6. The molecule has 0 aliphatic heterocycles. The van der Waals surface area contributed by atoms with Gasteiger partial charge in [0.2, 0.25) is 5.91 Å². The Morgan fingerprint density at radius 1 is 1.27 bits per heavy atom. The Morgan fingerprint density at radius 2 is 1.93 bits per heavy atom. The molecule has 1 aromatic heterocycles. The molecule has 2 atom stereocenters. The number of ketones is 1. The maximum atomic E-state index is 13.0. The van der Waals surface area contributed by atoms with Crippen LogP contribution in [0.1, 0.15) is 36.8 Å². The van der Waals surface area contributed by atoms with Crippen LogP contribution >= 0.6 is 11.6 Å². The maximum absolute atomic E-state index is 13.0. The Hall–Kier alpha value is -3.07. The average molecular weight is 438 g/mol. The fourth-order valence-electron chi connectivity index (χ4n) is 2.97. The number of hydrogen-bond donors (Lipinski definition) is 2. The molecule has 2 unspecified atom stereocenters. The lowest BCUT2D eigenvalue weighted by Gasteiger charge is -2.20. The van der Waals surface area contributed by atoms with Crippen molar-refractivity contribution in [3.8, 4) is 0 Å². The van der Waals surface area contributed by atoms with Gasteiger partial charge in [-0.15, -0.1) is 0 Å². The third-order valence-electron chi connectivity index (χ3n) is 4.50. The molecule has 30 heavy (non-hydrogen) atoms. The minimum absolute atomic E-state index is 0.0237. The predicted octanol–water partition coefficient (Wildman–Crippen LogP) is 1.94. The van der Waals surface area contributed by atoms with Crippen molar-refractivity contribution in [2.24, 2.45) is 0 Å². The lowest BCUT2D eigenvalue weighted by atomic mass is 9.96. The quantitative estimate of drug-likeness (QED) is 0.586. The van der Waals surface area contributed by atoms with E-state index in [1.54, 1.807) is 6.92 Å². The van der Waals surface area contributed by atoms with Gasteiger partial charge < -0.3 is 10.4 Å². The van der Waals surface area contributed by atoms with Crippen molar-refractivity contribution in [2.45, 2.75) is 38.3 Å².